The van der Waals surface area contributed by atoms with Crippen LogP contribution in [-0.4, -0.2) is 17.7 Å². The van der Waals surface area contributed by atoms with Crippen LogP contribution in [0.3, 0.4) is 0 Å². The van der Waals surface area contributed by atoms with Crippen molar-refractivity contribution in [2.45, 2.75) is 48.5 Å². The maximum Gasteiger partial charge on any atom is 0.221 e. The fraction of sp³-hybridized carbons (Fsp3) is 0.364. The number of anilines is 2. The summed E-state index contributed by atoms with van der Waals surface area (Å²) in [5.41, 5.74) is 6.32. The van der Waals surface area contributed by atoms with Gasteiger partial charge in [-0.05, 0) is 74.2 Å². The molecule has 0 aliphatic rings. The fourth-order valence-electron chi connectivity index (χ4n) is 2.47. The lowest BCUT2D eigenvalue weighted by atomic mass is 10.1. The van der Waals surface area contributed by atoms with Crippen molar-refractivity contribution in [3.63, 3.8) is 0 Å². The Balaban J connectivity index is 0.000000458. The second kappa shape index (κ2) is 13.3. The minimum Gasteiger partial charge on any atom is -0.326 e. The van der Waals surface area contributed by atoms with Crippen LogP contribution in [0.15, 0.2) is 34.8 Å². The SMILES string of the molecule is CC(=O)Nc1cc(C)c(Br)c(C)c1.CC(=O)Nc1cc(C)cc(C)c1.CCCl. The Morgan fingerprint density at radius 1 is 0.821 bits per heavy atom. The van der Waals surface area contributed by atoms with Gasteiger partial charge in [0.2, 0.25) is 11.8 Å². The number of benzene rings is 2. The average Bonchev–Trinajstić information content (AvgIpc) is 2.51. The number of hydrogen-bond acceptors (Lipinski definition) is 2. The predicted octanol–water partition coefficient (Wildman–Crippen LogP) is 6.53. The maximum absolute atomic E-state index is 10.8. The van der Waals surface area contributed by atoms with Crippen LogP contribution in [-0.2, 0) is 9.59 Å². The quantitative estimate of drug-likeness (QED) is 0.491. The lowest BCUT2D eigenvalue weighted by Crippen LogP contribution is -2.06. The van der Waals surface area contributed by atoms with Crippen LogP contribution < -0.4 is 10.6 Å². The van der Waals surface area contributed by atoms with E-state index >= 15 is 0 Å². The number of aryl methyl sites for hydroxylation is 4. The largest absolute Gasteiger partial charge is 0.326 e. The minimum atomic E-state index is -0.0406. The van der Waals surface area contributed by atoms with Crippen LogP contribution in [0.1, 0.15) is 43.0 Å². The van der Waals surface area contributed by atoms with Crippen LogP contribution in [0.5, 0.6) is 0 Å². The molecule has 0 saturated carbocycles. The van der Waals surface area contributed by atoms with E-state index < -0.39 is 0 Å². The number of alkyl halides is 1. The van der Waals surface area contributed by atoms with Crippen molar-refractivity contribution in [1.29, 1.82) is 0 Å². The molecular weight excluding hydrogens is 440 g/mol. The summed E-state index contributed by atoms with van der Waals surface area (Å²) in [5.74, 6) is 0.654. The molecule has 154 valence electrons. The van der Waals surface area contributed by atoms with Gasteiger partial charge in [0.1, 0.15) is 0 Å². The molecule has 0 radical (unpaired) electrons. The Hall–Kier alpha value is -1.85. The molecule has 0 aliphatic carbocycles. The van der Waals surface area contributed by atoms with Crippen molar-refractivity contribution in [2.24, 2.45) is 0 Å². The van der Waals surface area contributed by atoms with E-state index in [0.29, 0.717) is 0 Å². The molecular formula is C22H30BrClN2O2. The molecule has 0 aliphatic heterocycles. The first-order valence-corrected chi connectivity index (χ1v) is 10.3. The Kier molecular flexibility index (Phi) is 12.5. The standard InChI is InChI=1S/C10H12BrNO.C10H13NO.C2H5Cl/c1-6-4-9(12-8(3)13)5-7(2)10(6)11;1-7-4-8(2)6-10(5-7)11-9(3)12;1-2-3/h4-5H,1-3H3,(H,12,13);4-6H,1-3H3,(H,11,12);2H2,1H3. The number of carbonyl (C=O) groups excluding carboxylic acids is 2. The zero-order valence-corrected chi connectivity index (χ0v) is 20.0. The number of nitrogens with one attached hydrogen (secondary N) is 2. The summed E-state index contributed by atoms with van der Waals surface area (Å²) in [5, 5.41) is 5.50. The van der Waals surface area contributed by atoms with E-state index in [2.05, 4.69) is 32.6 Å². The molecule has 0 aromatic heterocycles. The summed E-state index contributed by atoms with van der Waals surface area (Å²) in [6.07, 6.45) is 0. The predicted molar refractivity (Wildman–Crippen MR) is 125 cm³/mol. The summed E-state index contributed by atoms with van der Waals surface area (Å²) in [6.45, 7) is 12.9. The maximum atomic E-state index is 10.8. The molecule has 0 saturated heterocycles. The monoisotopic (exact) mass is 468 g/mol. The highest BCUT2D eigenvalue weighted by Crippen LogP contribution is 2.24. The van der Waals surface area contributed by atoms with E-state index in [1.807, 2.05) is 58.9 Å². The van der Waals surface area contributed by atoms with Gasteiger partial charge in [-0.25, -0.2) is 0 Å². The van der Waals surface area contributed by atoms with Gasteiger partial charge in [-0.1, -0.05) is 28.9 Å². The van der Waals surface area contributed by atoms with Gasteiger partial charge in [-0.2, -0.15) is 0 Å². The molecule has 0 atom stereocenters. The van der Waals surface area contributed by atoms with Gasteiger partial charge in [0.05, 0.1) is 0 Å². The van der Waals surface area contributed by atoms with Crippen molar-refractivity contribution in [1.82, 2.24) is 0 Å². The Morgan fingerprint density at radius 3 is 1.46 bits per heavy atom. The highest BCUT2D eigenvalue weighted by atomic mass is 79.9. The smallest absolute Gasteiger partial charge is 0.221 e. The first-order valence-electron chi connectivity index (χ1n) is 8.96. The molecule has 2 N–H and O–H groups in total. The third-order valence-electron chi connectivity index (χ3n) is 3.30. The molecule has 6 heteroatoms. The van der Waals surface area contributed by atoms with Crippen molar-refractivity contribution >= 4 is 50.7 Å². The lowest BCUT2D eigenvalue weighted by Gasteiger charge is -2.07. The van der Waals surface area contributed by atoms with Crippen molar-refractivity contribution in [3.8, 4) is 0 Å². The number of rotatable bonds is 2. The van der Waals surface area contributed by atoms with E-state index in [1.165, 1.54) is 25.0 Å². The molecule has 2 aromatic rings. The van der Waals surface area contributed by atoms with Gasteiger partial charge in [-0.3, -0.25) is 9.59 Å². The summed E-state index contributed by atoms with van der Waals surface area (Å²) in [4.78, 5) is 21.5. The molecule has 0 fully saturated rings. The Bertz CT molecular complexity index is 764. The highest BCUT2D eigenvalue weighted by Gasteiger charge is 2.02. The summed E-state index contributed by atoms with van der Waals surface area (Å²) < 4.78 is 1.10. The van der Waals surface area contributed by atoms with Gasteiger partial charge in [0, 0.05) is 35.6 Å². The molecule has 28 heavy (non-hydrogen) atoms. The second-order valence-electron chi connectivity index (χ2n) is 6.43. The van der Waals surface area contributed by atoms with Crippen LogP contribution in [0, 0.1) is 27.7 Å². The van der Waals surface area contributed by atoms with E-state index in [1.54, 1.807) is 0 Å². The highest BCUT2D eigenvalue weighted by molar-refractivity contribution is 9.10. The van der Waals surface area contributed by atoms with E-state index in [4.69, 9.17) is 11.6 Å². The molecule has 0 spiro atoms. The molecule has 2 amide bonds. The topological polar surface area (TPSA) is 58.2 Å². The van der Waals surface area contributed by atoms with Gasteiger partial charge in [0.25, 0.3) is 0 Å². The van der Waals surface area contributed by atoms with E-state index in [9.17, 15) is 9.59 Å². The van der Waals surface area contributed by atoms with Crippen molar-refractivity contribution < 1.29 is 9.59 Å². The van der Waals surface area contributed by atoms with Crippen molar-refractivity contribution in [3.05, 3.63) is 57.1 Å². The van der Waals surface area contributed by atoms with Gasteiger partial charge < -0.3 is 10.6 Å². The number of amides is 2. The molecule has 4 nitrogen and oxygen atoms in total. The van der Waals surface area contributed by atoms with Crippen molar-refractivity contribution in [2.75, 3.05) is 16.5 Å². The normalized spacial score (nSPS) is 9.32. The average molecular weight is 470 g/mol. The molecule has 0 bridgehead atoms. The zero-order valence-electron chi connectivity index (χ0n) is 17.7. The van der Waals surface area contributed by atoms with Gasteiger partial charge in [0.15, 0.2) is 0 Å². The van der Waals surface area contributed by atoms with Crippen LogP contribution in [0.4, 0.5) is 11.4 Å². The third-order valence-corrected chi connectivity index (χ3v) is 4.55. The summed E-state index contributed by atoms with van der Waals surface area (Å²) >= 11 is 8.47. The Labute approximate surface area is 182 Å². The fourth-order valence-corrected chi connectivity index (χ4v) is 2.70. The molecule has 0 unspecified atom stereocenters. The first kappa shape index (κ1) is 26.1. The second-order valence-corrected chi connectivity index (χ2v) is 7.76. The molecule has 0 heterocycles. The molecule has 2 aromatic carbocycles. The zero-order chi connectivity index (χ0) is 21.9. The number of halogens is 2. The first-order chi connectivity index (χ1) is 13.0. The number of hydrogen-bond donors (Lipinski definition) is 2. The Morgan fingerprint density at radius 2 is 1.14 bits per heavy atom. The van der Waals surface area contributed by atoms with Crippen LogP contribution in [0.2, 0.25) is 0 Å². The number of carbonyl (C=O) groups is 2. The van der Waals surface area contributed by atoms with E-state index in [-0.39, 0.29) is 11.8 Å². The van der Waals surface area contributed by atoms with Gasteiger partial charge in [-0.15, -0.1) is 11.6 Å². The lowest BCUT2D eigenvalue weighted by molar-refractivity contribution is -0.115. The summed E-state index contributed by atoms with van der Waals surface area (Å²) in [6, 6.07) is 9.87. The summed E-state index contributed by atoms with van der Waals surface area (Å²) in [7, 11) is 0. The minimum absolute atomic E-state index is 0.0278. The molecule has 2 rings (SSSR count). The van der Waals surface area contributed by atoms with Gasteiger partial charge >= 0.3 is 0 Å². The van der Waals surface area contributed by atoms with E-state index in [0.717, 1.165) is 32.9 Å². The third kappa shape index (κ3) is 11.1. The van der Waals surface area contributed by atoms with Crippen LogP contribution in [0.25, 0.3) is 0 Å². The van der Waals surface area contributed by atoms with Crippen LogP contribution >= 0.6 is 27.5 Å².